The number of rotatable bonds is 4. The topological polar surface area (TPSA) is 65.0 Å². The number of unbranched alkanes of at least 4 members (excludes halogenated alkanes) is 1. The highest BCUT2D eigenvalue weighted by Gasteiger charge is 2.40. The molecule has 0 saturated carbocycles. The molecule has 1 aromatic carbocycles. The van der Waals surface area contributed by atoms with Crippen molar-refractivity contribution in [2.75, 3.05) is 6.61 Å². The predicted octanol–water partition coefficient (Wildman–Crippen LogP) is 4.16. The summed E-state index contributed by atoms with van der Waals surface area (Å²) in [4.78, 5) is 12.2. The fourth-order valence-electron chi connectivity index (χ4n) is 1.91. The van der Waals surface area contributed by atoms with Crippen LogP contribution in [0.25, 0.3) is 0 Å². The molecule has 5 nitrogen and oxygen atoms in total. The van der Waals surface area contributed by atoms with Gasteiger partial charge in [0.15, 0.2) is 17.2 Å². The van der Waals surface area contributed by atoms with E-state index in [0.29, 0.717) is 6.61 Å². The Morgan fingerprint density at radius 3 is 2.52 bits per heavy atom. The van der Waals surface area contributed by atoms with Gasteiger partial charge in [0.25, 0.3) is 0 Å². The zero-order valence-corrected chi connectivity index (χ0v) is 13.5. The number of halogens is 2. The largest absolute Gasteiger partial charge is 0.503 e. The SMILES string of the molecule is CCCCOc1c(Cl)c(Cl)c(O)c2c1C(=O)OC(C)(C)O2. The highest BCUT2D eigenvalue weighted by atomic mass is 35.5. The number of benzene rings is 1. The van der Waals surface area contributed by atoms with Crippen molar-refractivity contribution in [3.63, 3.8) is 0 Å². The van der Waals surface area contributed by atoms with Gasteiger partial charge in [0.1, 0.15) is 15.6 Å². The van der Waals surface area contributed by atoms with Gasteiger partial charge in [-0.25, -0.2) is 4.79 Å². The minimum Gasteiger partial charge on any atom is -0.503 e. The summed E-state index contributed by atoms with van der Waals surface area (Å²) in [6, 6.07) is 0. The van der Waals surface area contributed by atoms with Gasteiger partial charge < -0.3 is 19.3 Å². The minimum absolute atomic E-state index is 0.0377. The lowest BCUT2D eigenvalue weighted by Crippen LogP contribution is -2.39. The second-order valence-electron chi connectivity index (χ2n) is 5.10. The monoisotopic (exact) mass is 334 g/mol. The Labute approximate surface area is 132 Å². The number of hydrogen-bond donors (Lipinski definition) is 1. The van der Waals surface area contributed by atoms with E-state index >= 15 is 0 Å². The number of phenolic OH excluding ortho intramolecular Hbond substituents is 1. The first-order valence-electron chi connectivity index (χ1n) is 6.57. The summed E-state index contributed by atoms with van der Waals surface area (Å²) >= 11 is 12.0. The molecule has 7 heteroatoms. The highest BCUT2D eigenvalue weighted by molar-refractivity contribution is 6.44. The summed E-state index contributed by atoms with van der Waals surface area (Å²) in [6.07, 6.45) is 1.70. The van der Waals surface area contributed by atoms with Crippen molar-refractivity contribution in [2.24, 2.45) is 0 Å². The van der Waals surface area contributed by atoms with Crippen LogP contribution in [-0.4, -0.2) is 23.5 Å². The van der Waals surface area contributed by atoms with Crippen LogP contribution in [0.1, 0.15) is 44.0 Å². The number of aromatic hydroxyl groups is 1. The number of carbonyl (C=O) groups is 1. The molecule has 2 rings (SSSR count). The molecule has 0 atom stereocenters. The molecule has 1 heterocycles. The number of carbonyl (C=O) groups excluding carboxylic acids is 1. The van der Waals surface area contributed by atoms with Crippen molar-refractivity contribution in [3.05, 3.63) is 15.6 Å². The van der Waals surface area contributed by atoms with Crippen LogP contribution in [0, 0.1) is 0 Å². The van der Waals surface area contributed by atoms with Gasteiger partial charge in [0, 0.05) is 13.8 Å². The van der Waals surface area contributed by atoms with Crippen molar-refractivity contribution in [1.29, 1.82) is 0 Å². The fraction of sp³-hybridized carbons (Fsp3) is 0.500. The number of cyclic esters (lactones) is 1. The maximum absolute atomic E-state index is 12.2. The molecule has 1 N–H and O–H groups in total. The molecule has 0 spiro atoms. The normalized spacial score (nSPS) is 16.0. The van der Waals surface area contributed by atoms with Crippen molar-refractivity contribution < 1.29 is 24.1 Å². The maximum Gasteiger partial charge on any atom is 0.349 e. The first-order valence-corrected chi connectivity index (χ1v) is 7.33. The molecule has 0 saturated heterocycles. The number of esters is 1. The van der Waals surface area contributed by atoms with E-state index in [9.17, 15) is 9.90 Å². The molecule has 0 amide bonds. The Balaban J connectivity index is 2.56. The van der Waals surface area contributed by atoms with E-state index in [-0.39, 0.29) is 27.1 Å². The van der Waals surface area contributed by atoms with Gasteiger partial charge in [0.2, 0.25) is 5.79 Å². The standard InChI is InChI=1S/C14H16Cl2O5/c1-4-5-6-19-11-7-12(10(17)8(15)9(11)16)20-14(2,3)21-13(7)18/h17H,4-6H2,1-3H3. The van der Waals surface area contributed by atoms with E-state index in [0.717, 1.165) is 12.8 Å². The third-order valence-electron chi connectivity index (χ3n) is 2.90. The van der Waals surface area contributed by atoms with Crippen molar-refractivity contribution in [3.8, 4) is 17.2 Å². The molecule has 116 valence electrons. The van der Waals surface area contributed by atoms with Gasteiger partial charge >= 0.3 is 5.97 Å². The molecule has 0 fully saturated rings. The molecular formula is C14H16Cl2O5. The maximum atomic E-state index is 12.2. The average Bonchev–Trinajstić information content (AvgIpc) is 2.39. The van der Waals surface area contributed by atoms with E-state index in [2.05, 4.69) is 0 Å². The molecule has 0 radical (unpaired) electrons. The third-order valence-corrected chi connectivity index (χ3v) is 3.73. The van der Waals surface area contributed by atoms with Crippen LogP contribution in [0.2, 0.25) is 10.0 Å². The zero-order chi connectivity index (χ0) is 15.8. The first-order chi connectivity index (χ1) is 9.78. The van der Waals surface area contributed by atoms with Crippen molar-refractivity contribution in [1.82, 2.24) is 0 Å². The Morgan fingerprint density at radius 1 is 1.24 bits per heavy atom. The van der Waals surface area contributed by atoms with E-state index < -0.39 is 17.5 Å². The predicted molar refractivity (Wildman–Crippen MR) is 78.7 cm³/mol. The van der Waals surface area contributed by atoms with Gasteiger partial charge in [-0.3, -0.25) is 0 Å². The lowest BCUT2D eigenvalue weighted by atomic mass is 10.1. The number of phenols is 1. The first kappa shape index (κ1) is 16.0. The quantitative estimate of drug-likeness (QED) is 0.661. The van der Waals surface area contributed by atoms with E-state index in [4.69, 9.17) is 37.4 Å². The number of ether oxygens (including phenoxy) is 3. The van der Waals surface area contributed by atoms with Crippen LogP contribution >= 0.6 is 23.2 Å². The molecule has 0 bridgehead atoms. The smallest absolute Gasteiger partial charge is 0.349 e. The van der Waals surface area contributed by atoms with Gasteiger partial charge in [-0.1, -0.05) is 36.5 Å². The Bertz CT molecular complexity index is 583. The van der Waals surface area contributed by atoms with E-state index in [1.165, 1.54) is 0 Å². The van der Waals surface area contributed by atoms with Crippen molar-refractivity contribution in [2.45, 2.75) is 39.4 Å². The summed E-state index contributed by atoms with van der Waals surface area (Å²) in [7, 11) is 0. The van der Waals surface area contributed by atoms with Gasteiger partial charge in [-0.15, -0.1) is 0 Å². The van der Waals surface area contributed by atoms with Crippen LogP contribution in [0.15, 0.2) is 0 Å². The Morgan fingerprint density at radius 2 is 1.90 bits per heavy atom. The summed E-state index contributed by atoms with van der Waals surface area (Å²) in [5.41, 5.74) is -0.0441. The summed E-state index contributed by atoms with van der Waals surface area (Å²) < 4.78 is 16.2. The lowest BCUT2D eigenvalue weighted by molar-refractivity contribution is -0.128. The van der Waals surface area contributed by atoms with Crippen LogP contribution in [0.3, 0.4) is 0 Å². The Kier molecular flexibility index (Phi) is 4.44. The van der Waals surface area contributed by atoms with Crippen LogP contribution in [0.4, 0.5) is 0 Å². The second kappa shape index (κ2) is 5.81. The minimum atomic E-state index is -1.21. The van der Waals surface area contributed by atoms with Crippen LogP contribution in [0.5, 0.6) is 17.2 Å². The molecule has 0 unspecified atom stereocenters. The lowest BCUT2D eigenvalue weighted by Gasteiger charge is -2.33. The third kappa shape index (κ3) is 2.99. The van der Waals surface area contributed by atoms with Gasteiger partial charge in [-0.2, -0.15) is 0 Å². The molecule has 1 aromatic rings. The molecule has 0 aliphatic carbocycles. The van der Waals surface area contributed by atoms with E-state index in [1.54, 1.807) is 13.8 Å². The highest BCUT2D eigenvalue weighted by Crippen LogP contribution is 2.51. The zero-order valence-electron chi connectivity index (χ0n) is 12.0. The van der Waals surface area contributed by atoms with Crippen LogP contribution < -0.4 is 9.47 Å². The van der Waals surface area contributed by atoms with Gasteiger partial charge in [0.05, 0.1) is 6.61 Å². The number of hydrogen-bond acceptors (Lipinski definition) is 5. The molecule has 1 aliphatic rings. The summed E-state index contributed by atoms with van der Waals surface area (Å²) in [5, 5.41) is 9.91. The fourth-order valence-corrected chi connectivity index (χ4v) is 2.32. The van der Waals surface area contributed by atoms with E-state index in [1.807, 2.05) is 6.92 Å². The molecule has 21 heavy (non-hydrogen) atoms. The summed E-state index contributed by atoms with van der Waals surface area (Å²) in [5.74, 6) is -2.29. The Hall–Kier alpha value is -1.33. The molecule has 0 aromatic heterocycles. The van der Waals surface area contributed by atoms with Gasteiger partial charge in [-0.05, 0) is 6.42 Å². The van der Waals surface area contributed by atoms with Crippen LogP contribution in [-0.2, 0) is 4.74 Å². The average molecular weight is 335 g/mol. The summed E-state index contributed by atoms with van der Waals surface area (Å²) in [6.45, 7) is 5.46. The molecular weight excluding hydrogens is 319 g/mol. The second-order valence-corrected chi connectivity index (χ2v) is 5.86. The molecule has 1 aliphatic heterocycles. The van der Waals surface area contributed by atoms with Crippen molar-refractivity contribution >= 4 is 29.2 Å². The number of fused-ring (bicyclic) bond motifs is 1.